The first kappa shape index (κ1) is 9.18. The molecule has 0 radical (unpaired) electrons. The number of carbonyl (C=O) groups excluding carboxylic acids is 1. The molecule has 1 aromatic rings. The lowest BCUT2D eigenvalue weighted by Crippen LogP contribution is -2.26. The second-order valence-corrected chi connectivity index (χ2v) is 3.79. The minimum absolute atomic E-state index is 0.0486. The van der Waals surface area contributed by atoms with E-state index in [4.69, 9.17) is 0 Å². The average Bonchev–Trinajstić information content (AvgIpc) is 2.82. The molecule has 1 fully saturated rings. The van der Waals surface area contributed by atoms with E-state index < -0.39 is 0 Å². The molecular formula is C9H13N3O2. The summed E-state index contributed by atoms with van der Waals surface area (Å²) in [5.41, 5.74) is -0.153. The third-order valence-corrected chi connectivity index (χ3v) is 2.33. The summed E-state index contributed by atoms with van der Waals surface area (Å²) in [5, 5.41) is 4.06. The van der Waals surface area contributed by atoms with Crippen molar-refractivity contribution in [3.63, 3.8) is 0 Å². The molecule has 0 saturated heterocycles. The zero-order valence-corrected chi connectivity index (χ0v) is 8.36. The van der Waals surface area contributed by atoms with Crippen molar-refractivity contribution >= 4 is 5.78 Å². The average molecular weight is 195 g/mol. The van der Waals surface area contributed by atoms with Crippen molar-refractivity contribution in [2.24, 2.45) is 0 Å². The molecule has 14 heavy (non-hydrogen) atoms. The number of Topliss-reactive ketones (excluding diaryl/α,β-unsaturated/α-hetero) is 1. The van der Waals surface area contributed by atoms with Gasteiger partial charge in [-0.05, 0) is 26.7 Å². The van der Waals surface area contributed by atoms with E-state index >= 15 is 0 Å². The van der Waals surface area contributed by atoms with Crippen LogP contribution in [-0.2, 0) is 11.3 Å². The molecule has 0 atom stereocenters. The van der Waals surface area contributed by atoms with Gasteiger partial charge in [0.05, 0.1) is 0 Å². The van der Waals surface area contributed by atoms with Crippen molar-refractivity contribution in [3.8, 4) is 0 Å². The maximum absolute atomic E-state index is 11.7. The quantitative estimate of drug-likeness (QED) is 0.696. The van der Waals surface area contributed by atoms with Crippen LogP contribution in [0.25, 0.3) is 0 Å². The van der Waals surface area contributed by atoms with Gasteiger partial charge in [-0.15, -0.1) is 0 Å². The van der Waals surface area contributed by atoms with Crippen LogP contribution < -0.4 is 5.69 Å². The van der Waals surface area contributed by atoms with Gasteiger partial charge in [-0.1, -0.05) is 0 Å². The third kappa shape index (κ3) is 1.49. The molecule has 0 unspecified atom stereocenters. The fourth-order valence-electron chi connectivity index (χ4n) is 1.60. The predicted molar refractivity (Wildman–Crippen MR) is 50.2 cm³/mol. The van der Waals surface area contributed by atoms with Crippen molar-refractivity contribution in [1.29, 1.82) is 0 Å². The van der Waals surface area contributed by atoms with Gasteiger partial charge in [0, 0.05) is 6.04 Å². The number of carbonyl (C=O) groups is 1. The van der Waals surface area contributed by atoms with Crippen molar-refractivity contribution in [2.45, 2.75) is 39.3 Å². The van der Waals surface area contributed by atoms with E-state index in [0.717, 1.165) is 12.8 Å². The Bertz CT molecular complexity index is 426. The molecule has 76 valence electrons. The van der Waals surface area contributed by atoms with E-state index in [1.807, 2.05) is 0 Å². The van der Waals surface area contributed by atoms with Crippen LogP contribution >= 0.6 is 0 Å². The number of rotatable bonds is 3. The Labute approximate surface area is 81.3 Å². The van der Waals surface area contributed by atoms with E-state index in [1.165, 1.54) is 11.6 Å². The molecule has 5 heteroatoms. The maximum Gasteiger partial charge on any atom is 0.346 e. The van der Waals surface area contributed by atoms with E-state index in [-0.39, 0.29) is 18.0 Å². The van der Waals surface area contributed by atoms with Crippen LogP contribution in [0.3, 0.4) is 0 Å². The number of nitrogens with zero attached hydrogens (tertiary/aromatic N) is 3. The molecule has 1 aliphatic rings. The van der Waals surface area contributed by atoms with E-state index in [9.17, 15) is 9.59 Å². The zero-order chi connectivity index (χ0) is 10.3. The Morgan fingerprint density at radius 1 is 1.57 bits per heavy atom. The van der Waals surface area contributed by atoms with Gasteiger partial charge in [-0.25, -0.2) is 9.48 Å². The largest absolute Gasteiger partial charge is 0.346 e. The first-order chi connectivity index (χ1) is 6.59. The standard InChI is InChI=1S/C9H13N3O2/c1-6(13)5-11-9(14)12(7(2)10-11)8-3-4-8/h8H,3-5H2,1-2H3. The Balaban J connectivity index is 2.38. The zero-order valence-electron chi connectivity index (χ0n) is 8.36. The van der Waals surface area contributed by atoms with Gasteiger partial charge in [0.2, 0.25) is 0 Å². The highest BCUT2D eigenvalue weighted by atomic mass is 16.2. The summed E-state index contributed by atoms with van der Waals surface area (Å²) in [6.45, 7) is 3.34. The fourth-order valence-corrected chi connectivity index (χ4v) is 1.60. The first-order valence-corrected chi connectivity index (χ1v) is 4.75. The number of hydrogen-bond donors (Lipinski definition) is 0. The molecule has 0 spiro atoms. The molecule has 0 aromatic carbocycles. The Morgan fingerprint density at radius 3 is 2.71 bits per heavy atom. The summed E-state index contributed by atoms with van der Waals surface area (Å²) in [6.07, 6.45) is 2.10. The van der Waals surface area contributed by atoms with Gasteiger partial charge >= 0.3 is 5.69 Å². The van der Waals surface area contributed by atoms with Gasteiger partial charge < -0.3 is 0 Å². The van der Waals surface area contributed by atoms with Crippen LogP contribution in [0.4, 0.5) is 0 Å². The number of aromatic nitrogens is 3. The SMILES string of the molecule is CC(=O)Cn1nc(C)n(C2CC2)c1=O. The molecule has 2 rings (SSSR count). The summed E-state index contributed by atoms with van der Waals surface area (Å²) in [7, 11) is 0. The minimum Gasteiger partial charge on any atom is -0.298 e. The summed E-state index contributed by atoms with van der Waals surface area (Å²) >= 11 is 0. The Hall–Kier alpha value is -1.39. The molecule has 1 saturated carbocycles. The lowest BCUT2D eigenvalue weighted by molar-refractivity contribution is -0.117. The van der Waals surface area contributed by atoms with Gasteiger partial charge in [0.15, 0.2) is 5.78 Å². The van der Waals surface area contributed by atoms with Gasteiger partial charge in [-0.3, -0.25) is 9.36 Å². The molecular weight excluding hydrogens is 182 g/mol. The predicted octanol–water partition coefficient (Wildman–Crippen LogP) is 0.277. The summed E-state index contributed by atoms with van der Waals surface area (Å²) < 4.78 is 2.93. The molecule has 0 aliphatic heterocycles. The number of ketones is 1. The van der Waals surface area contributed by atoms with E-state index in [1.54, 1.807) is 11.5 Å². The van der Waals surface area contributed by atoms with Crippen molar-refractivity contribution in [2.75, 3.05) is 0 Å². The molecule has 0 N–H and O–H groups in total. The molecule has 1 heterocycles. The summed E-state index contributed by atoms with van der Waals surface area (Å²) in [6, 6.07) is 0.322. The Morgan fingerprint density at radius 2 is 2.21 bits per heavy atom. The lowest BCUT2D eigenvalue weighted by Gasteiger charge is -1.96. The van der Waals surface area contributed by atoms with E-state index in [0.29, 0.717) is 11.9 Å². The highest BCUT2D eigenvalue weighted by molar-refractivity contribution is 5.75. The van der Waals surface area contributed by atoms with Gasteiger partial charge in [-0.2, -0.15) is 5.10 Å². The van der Waals surface area contributed by atoms with Crippen LogP contribution in [0.1, 0.15) is 31.6 Å². The lowest BCUT2D eigenvalue weighted by atomic mass is 10.5. The van der Waals surface area contributed by atoms with Crippen molar-refractivity contribution in [3.05, 3.63) is 16.3 Å². The Kier molecular flexibility index (Phi) is 2.02. The van der Waals surface area contributed by atoms with E-state index in [2.05, 4.69) is 5.10 Å². The van der Waals surface area contributed by atoms with Crippen molar-refractivity contribution < 1.29 is 4.79 Å². The normalized spacial score (nSPS) is 15.9. The first-order valence-electron chi connectivity index (χ1n) is 4.75. The van der Waals surface area contributed by atoms with Crippen LogP contribution in [0.5, 0.6) is 0 Å². The minimum atomic E-state index is -0.153. The molecule has 0 bridgehead atoms. The fraction of sp³-hybridized carbons (Fsp3) is 0.667. The molecule has 1 aromatic heterocycles. The molecule has 0 amide bonds. The van der Waals surface area contributed by atoms with Crippen LogP contribution in [0, 0.1) is 6.92 Å². The highest BCUT2D eigenvalue weighted by Gasteiger charge is 2.28. The monoisotopic (exact) mass is 195 g/mol. The van der Waals surface area contributed by atoms with Gasteiger partial charge in [0.25, 0.3) is 0 Å². The summed E-state index contributed by atoms with van der Waals surface area (Å²) in [5.74, 6) is 0.659. The second-order valence-electron chi connectivity index (χ2n) is 3.79. The maximum atomic E-state index is 11.7. The van der Waals surface area contributed by atoms with Crippen molar-refractivity contribution in [1.82, 2.24) is 14.3 Å². The highest BCUT2D eigenvalue weighted by Crippen LogP contribution is 2.33. The second kappa shape index (κ2) is 3.08. The van der Waals surface area contributed by atoms with Crippen LogP contribution in [0.15, 0.2) is 4.79 Å². The number of aryl methyl sites for hydroxylation is 1. The van der Waals surface area contributed by atoms with Crippen LogP contribution in [0.2, 0.25) is 0 Å². The smallest absolute Gasteiger partial charge is 0.298 e. The summed E-state index contributed by atoms with van der Waals surface area (Å²) in [4.78, 5) is 22.6. The van der Waals surface area contributed by atoms with Crippen LogP contribution in [-0.4, -0.2) is 20.1 Å². The molecule has 5 nitrogen and oxygen atoms in total. The topological polar surface area (TPSA) is 56.9 Å². The molecule has 1 aliphatic carbocycles. The third-order valence-electron chi connectivity index (χ3n) is 2.33. The number of hydrogen-bond acceptors (Lipinski definition) is 3. The van der Waals surface area contributed by atoms with Gasteiger partial charge in [0.1, 0.15) is 12.4 Å².